The summed E-state index contributed by atoms with van der Waals surface area (Å²) in [6, 6.07) is 7.82. The fourth-order valence-corrected chi connectivity index (χ4v) is 3.55. The number of rotatable bonds is 4. The minimum absolute atomic E-state index is 0.0498. The minimum atomic E-state index is -1.30. The molecule has 0 spiro atoms. The monoisotopic (exact) mass is 295 g/mol. The number of hydrogen-bond donors (Lipinski definition) is 2. The third-order valence-electron chi connectivity index (χ3n) is 3.65. The number of fused-ring (bicyclic) bond motifs is 1. The Morgan fingerprint density at radius 1 is 1.45 bits per heavy atom. The molecule has 0 radical (unpaired) electrons. The summed E-state index contributed by atoms with van der Waals surface area (Å²) in [6.07, 6.45) is 1.43. The third kappa shape index (κ3) is 3.00. The summed E-state index contributed by atoms with van der Waals surface area (Å²) in [5.74, 6) is -0.875. The summed E-state index contributed by atoms with van der Waals surface area (Å²) in [5, 5.41) is 9.24. The standard InChI is InChI=1S/C15H21NO3S/c1-14(2,3)20(19)16-15(10-13(17)18)9-8-11-6-4-5-7-12(11)15/h4-7,16H,8-10H2,1-3H3,(H,17,18)/t15-,20?/m1/s1. The van der Waals surface area contributed by atoms with Crippen molar-refractivity contribution < 1.29 is 14.5 Å². The Morgan fingerprint density at radius 2 is 2.10 bits per heavy atom. The molecule has 0 aromatic heterocycles. The van der Waals surface area contributed by atoms with E-state index in [0.717, 1.165) is 17.5 Å². The molecule has 1 unspecified atom stereocenters. The van der Waals surface area contributed by atoms with Crippen LogP contribution >= 0.6 is 0 Å². The fraction of sp³-hybridized carbons (Fsp3) is 0.533. The normalized spacial score (nSPS) is 23.4. The third-order valence-corrected chi connectivity index (χ3v) is 5.34. The van der Waals surface area contributed by atoms with Crippen LogP contribution < -0.4 is 4.72 Å². The van der Waals surface area contributed by atoms with Crippen LogP contribution in [0.3, 0.4) is 0 Å². The van der Waals surface area contributed by atoms with E-state index < -0.39 is 27.6 Å². The second-order valence-corrected chi connectivity index (χ2v) is 8.26. The molecule has 4 nitrogen and oxygen atoms in total. The van der Waals surface area contributed by atoms with Gasteiger partial charge in [0.1, 0.15) is 4.75 Å². The largest absolute Gasteiger partial charge is 0.598 e. The number of carboxylic acid groups (broad SMARTS) is 1. The highest BCUT2D eigenvalue weighted by molar-refractivity contribution is 7.90. The molecule has 0 heterocycles. The van der Waals surface area contributed by atoms with Crippen LogP contribution in [0.1, 0.15) is 44.7 Å². The van der Waals surface area contributed by atoms with Gasteiger partial charge in [0, 0.05) is 11.4 Å². The van der Waals surface area contributed by atoms with Crippen LogP contribution in [0.5, 0.6) is 0 Å². The van der Waals surface area contributed by atoms with Gasteiger partial charge in [-0.15, -0.1) is 4.72 Å². The van der Waals surface area contributed by atoms with Gasteiger partial charge >= 0.3 is 5.97 Å². The van der Waals surface area contributed by atoms with Crippen LogP contribution in [0, 0.1) is 0 Å². The maximum atomic E-state index is 12.4. The van der Waals surface area contributed by atoms with E-state index in [1.54, 1.807) is 0 Å². The van der Waals surface area contributed by atoms with Crippen molar-refractivity contribution in [1.29, 1.82) is 0 Å². The smallest absolute Gasteiger partial charge is 0.305 e. The summed E-state index contributed by atoms with van der Waals surface area (Å²) in [6.45, 7) is 5.64. The average Bonchev–Trinajstić information content (AvgIpc) is 2.67. The molecule has 2 rings (SSSR count). The average molecular weight is 295 g/mol. The lowest BCUT2D eigenvalue weighted by molar-refractivity contribution is -0.138. The van der Waals surface area contributed by atoms with E-state index in [1.165, 1.54) is 0 Å². The molecule has 2 atom stereocenters. The van der Waals surface area contributed by atoms with E-state index in [-0.39, 0.29) is 6.42 Å². The van der Waals surface area contributed by atoms with Gasteiger partial charge in [-0.05, 0) is 44.7 Å². The lowest BCUT2D eigenvalue weighted by Gasteiger charge is -2.34. The molecule has 0 saturated carbocycles. The minimum Gasteiger partial charge on any atom is -0.598 e. The van der Waals surface area contributed by atoms with Gasteiger partial charge in [-0.2, -0.15) is 0 Å². The Balaban J connectivity index is 2.36. The first-order valence-corrected chi connectivity index (χ1v) is 7.89. The SMILES string of the molecule is CC(C)(C)[S+]([O-])N[C@@]1(CC(=O)O)CCc2ccccc21. The van der Waals surface area contributed by atoms with E-state index in [0.29, 0.717) is 6.42 Å². The molecule has 110 valence electrons. The molecule has 0 fully saturated rings. The van der Waals surface area contributed by atoms with E-state index >= 15 is 0 Å². The molecule has 0 bridgehead atoms. The molecule has 1 aliphatic rings. The lowest BCUT2D eigenvalue weighted by Crippen LogP contribution is -2.51. The highest BCUT2D eigenvalue weighted by Crippen LogP contribution is 2.40. The van der Waals surface area contributed by atoms with Crippen LogP contribution in [-0.4, -0.2) is 20.4 Å². The first-order chi connectivity index (χ1) is 9.24. The van der Waals surface area contributed by atoms with Crippen molar-refractivity contribution in [3.8, 4) is 0 Å². The van der Waals surface area contributed by atoms with Crippen LogP contribution in [0.2, 0.25) is 0 Å². The zero-order valence-corrected chi connectivity index (χ0v) is 12.9. The number of hydrogen-bond acceptors (Lipinski definition) is 3. The molecule has 20 heavy (non-hydrogen) atoms. The van der Waals surface area contributed by atoms with E-state index in [4.69, 9.17) is 0 Å². The van der Waals surface area contributed by atoms with Crippen LogP contribution in [0.25, 0.3) is 0 Å². The van der Waals surface area contributed by atoms with Crippen molar-refractivity contribution in [2.45, 2.75) is 50.3 Å². The number of carboxylic acids is 1. The van der Waals surface area contributed by atoms with Gasteiger partial charge in [0.2, 0.25) is 0 Å². The quantitative estimate of drug-likeness (QED) is 0.836. The van der Waals surface area contributed by atoms with Crippen LogP contribution in [-0.2, 0) is 28.1 Å². The topological polar surface area (TPSA) is 72.4 Å². The summed E-state index contributed by atoms with van der Waals surface area (Å²) < 4.78 is 15.1. The molecule has 1 aliphatic carbocycles. The zero-order chi connectivity index (χ0) is 15.0. The first-order valence-electron chi connectivity index (χ1n) is 6.74. The van der Waals surface area contributed by atoms with Crippen molar-refractivity contribution in [3.05, 3.63) is 35.4 Å². The van der Waals surface area contributed by atoms with Crippen molar-refractivity contribution in [1.82, 2.24) is 4.72 Å². The molecule has 5 heteroatoms. The van der Waals surface area contributed by atoms with Gasteiger partial charge in [-0.25, -0.2) is 0 Å². The molecular weight excluding hydrogens is 274 g/mol. The number of carbonyl (C=O) groups is 1. The number of benzene rings is 1. The molecule has 0 amide bonds. The highest BCUT2D eigenvalue weighted by Gasteiger charge is 2.46. The lowest BCUT2D eigenvalue weighted by atomic mass is 9.89. The second kappa shape index (κ2) is 5.39. The Hall–Kier alpha value is -1.04. The van der Waals surface area contributed by atoms with Crippen molar-refractivity contribution >= 4 is 17.3 Å². The number of aliphatic carboxylic acids is 1. The van der Waals surface area contributed by atoms with Crippen LogP contribution in [0.4, 0.5) is 0 Å². The number of nitrogens with one attached hydrogen (secondary N) is 1. The Morgan fingerprint density at radius 3 is 2.70 bits per heavy atom. The van der Waals surface area contributed by atoms with Gasteiger partial charge in [0.05, 0.1) is 12.0 Å². The summed E-state index contributed by atoms with van der Waals surface area (Å²) in [7, 11) is 0. The van der Waals surface area contributed by atoms with E-state index in [1.807, 2.05) is 45.0 Å². The molecule has 1 aromatic rings. The molecular formula is C15H21NO3S. The predicted molar refractivity (Wildman–Crippen MR) is 79.7 cm³/mol. The van der Waals surface area contributed by atoms with Gasteiger partial charge < -0.3 is 9.66 Å². The van der Waals surface area contributed by atoms with Gasteiger partial charge in [-0.3, -0.25) is 4.79 Å². The molecule has 0 aliphatic heterocycles. The maximum Gasteiger partial charge on any atom is 0.305 e. The highest BCUT2D eigenvalue weighted by atomic mass is 32.2. The fourth-order valence-electron chi connectivity index (χ4n) is 2.60. The summed E-state index contributed by atoms with van der Waals surface area (Å²) in [5.41, 5.74) is 1.40. The van der Waals surface area contributed by atoms with E-state index in [2.05, 4.69) is 4.72 Å². The molecule has 0 saturated heterocycles. The summed E-state index contributed by atoms with van der Waals surface area (Å²) in [4.78, 5) is 11.3. The van der Waals surface area contributed by atoms with Crippen molar-refractivity contribution in [2.24, 2.45) is 0 Å². The maximum absolute atomic E-state index is 12.4. The van der Waals surface area contributed by atoms with Crippen LogP contribution in [0.15, 0.2) is 24.3 Å². The zero-order valence-electron chi connectivity index (χ0n) is 12.1. The van der Waals surface area contributed by atoms with Gasteiger partial charge in [0.15, 0.2) is 0 Å². The Kier molecular flexibility index (Phi) is 4.14. The molecule has 2 N–H and O–H groups in total. The first kappa shape index (κ1) is 15.4. The van der Waals surface area contributed by atoms with Crippen molar-refractivity contribution in [3.63, 3.8) is 0 Å². The Bertz CT molecular complexity index is 512. The van der Waals surface area contributed by atoms with E-state index in [9.17, 15) is 14.5 Å². The van der Waals surface area contributed by atoms with Gasteiger partial charge in [0.25, 0.3) is 0 Å². The Labute approximate surface area is 122 Å². The number of aryl methyl sites for hydroxylation is 1. The summed E-state index contributed by atoms with van der Waals surface area (Å²) >= 11 is -1.30. The van der Waals surface area contributed by atoms with Crippen molar-refractivity contribution in [2.75, 3.05) is 0 Å². The predicted octanol–water partition coefficient (Wildman–Crippen LogP) is 2.35. The van der Waals surface area contributed by atoms with Gasteiger partial charge in [-0.1, -0.05) is 24.3 Å². The molecule has 1 aromatic carbocycles. The second-order valence-electron chi connectivity index (χ2n) is 6.29.